The molecule has 4 heteroatoms. The second-order valence-electron chi connectivity index (χ2n) is 2.44. The molecule has 2 N–H and O–H groups in total. The van der Waals surface area contributed by atoms with Crippen LogP contribution >= 0.6 is 16.3 Å². The van der Waals surface area contributed by atoms with E-state index in [1.54, 1.807) is 25.1 Å². The van der Waals surface area contributed by atoms with Gasteiger partial charge in [-0.05, 0) is 30.7 Å². The summed E-state index contributed by atoms with van der Waals surface area (Å²) in [5.74, 6) is -0.410. The van der Waals surface area contributed by atoms with Gasteiger partial charge in [0.25, 0.3) is 0 Å². The molecular weight excluding hydrogens is 222 g/mol. The van der Waals surface area contributed by atoms with Crippen LogP contribution in [0.15, 0.2) is 18.2 Å². The number of benzene rings is 1. The highest BCUT2D eigenvalue weighted by Gasteiger charge is 2.08. The van der Waals surface area contributed by atoms with Crippen molar-refractivity contribution in [2.75, 3.05) is 5.73 Å². The molecule has 0 unspecified atom stereocenters. The van der Waals surface area contributed by atoms with E-state index >= 15 is 0 Å². The van der Waals surface area contributed by atoms with Crippen molar-refractivity contribution < 1.29 is 8.62 Å². The molecular formula is C8H8BrNO2. The van der Waals surface area contributed by atoms with Crippen molar-refractivity contribution in [3.05, 3.63) is 29.3 Å². The zero-order valence-electron chi connectivity index (χ0n) is 6.50. The summed E-state index contributed by atoms with van der Waals surface area (Å²) in [6.45, 7) is 1.80. The van der Waals surface area contributed by atoms with Crippen molar-refractivity contribution in [1.29, 1.82) is 0 Å². The van der Waals surface area contributed by atoms with Gasteiger partial charge in [-0.3, -0.25) is 0 Å². The molecule has 64 valence electrons. The molecule has 0 heterocycles. The van der Waals surface area contributed by atoms with Gasteiger partial charge in [0.2, 0.25) is 0 Å². The van der Waals surface area contributed by atoms with E-state index in [-0.39, 0.29) is 0 Å². The monoisotopic (exact) mass is 229 g/mol. The fourth-order valence-corrected chi connectivity index (χ4v) is 1.13. The standard InChI is InChI=1S/C8H8BrNO2/c1-5-4-6(10)2-3-7(5)8(11)12-9/h2-4H,10H2,1H3. The van der Waals surface area contributed by atoms with Crippen molar-refractivity contribution in [3.63, 3.8) is 0 Å². The predicted octanol–water partition coefficient (Wildman–Crippen LogP) is 2.04. The Morgan fingerprint density at radius 1 is 1.58 bits per heavy atom. The third-order valence-electron chi connectivity index (χ3n) is 1.54. The summed E-state index contributed by atoms with van der Waals surface area (Å²) in [5.41, 5.74) is 7.46. The molecule has 0 amide bonds. The second-order valence-corrected chi connectivity index (χ2v) is 2.76. The molecule has 0 saturated heterocycles. The van der Waals surface area contributed by atoms with Crippen LogP contribution in [0.4, 0.5) is 5.69 Å². The van der Waals surface area contributed by atoms with Gasteiger partial charge in [0, 0.05) is 5.69 Å². The van der Waals surface area contributed by atoms with E-state index in [9.17, 15) is 4.79 Å². The van der Waals surface area contributed by atoms with Crippen LogP contribution in [0.25, 0.3) is 0 Å². The Labute approximate surface area is 79.0 Å². The maximum atomic E-state index is 11.0. The van der Waals surface area contributed by atoms with E-state index in [0.717, 1.165) is 5.56 Å². The smallest absolute Gasteiger partial charge is 0.349 e. The van der Waals surface area contributed by atoms with Gasteiger partial charge in [0.1, 0.15) is 0 Å². The molecule has 1 aromatic rings. The lowest BCUT2D eigenvalue weighted by atomic mass is 10.1. The highest BCUT2D eigenvalue weighted by molar-refractivity contribution is 9.06. The molecule has 0 aromatic heterocycles. The van der Waals surface area contributed by atoms with Crippen molar-refractivity contribution in [2.45, 2.75) is 6.92 Å². The van der Waals surface area contributed by atoms with E-state index < -0.39 is 5.97 Å². The largest absolute Gasteiger partial charge is 0.399 e. The second kappa shape index (κ2) is 3.58. The van der Waals surface area contributed by atoms with E-state index in [4.69, 9.17) is 5.73 Å². The van der Waals surface area contributed by atoms with Crippen LogP contribution in [0.5, 0.6) is 0 Å². The normalized spacial score (nSPS) is 9.50. The van der Waals surface area contributed by atoms with E-state index in [2.05, 4.69) is 20.1 Å². The number of nitrogen functional groups attached to an aromatic ring is 1. The van der Waals surface area contributed by atoms with Gasteiger partial charge in [-0.25, -0.2) is 4.79 Å². The van der Waals surface area contributed by atoms with Crippen LogP contribution in [-0.2, 0) is 3.83 Å². The average molecular weight is 230 g/mol. The van der Waals surface area contributed by atoms with Crippen LogP contribution < -0.4 is 5.73 Å². The van der Waals surface area contributed by atoms with Crippen molar-refractivity contribution in [1.82, 2.24) is 0 Å². The molecule has 0 atom stereocenters. The number of anilines is 1. The first-order valence-electron chi connectivity index (χ1n) is 3.34. The molecule has 0 aliphatic rings. The number of hydrogen-bond donors (Lipinski definition) is 1. The number of hydrogen-bond acceptors (Lipinski definition) is 3. The third kappa shape index (κ3) is 1.76. The van der Waals surface area contributed by atoms with Gasteiger partial charge in [0.15, 0.2) is 16.3 Å². The molecule has 0 aliphatic heterocycles. The molecule has 0 spiro atoms. The van der Waals surface area contributed by atoms with Crippen molar-refractivity contribution in [3.8, 4) is 0 Å². The number of carbonyl (C=O) groups is 1. The fraction of sp³-hybridized carbons (Fsp3) is 0.125. The highest BCUT2D eigenvalue weighted by Crippen LogP contribution is 2.14. The van der Waals surface area contributed by atoms with Crippen LogP contribution in [0, 0.1) is 6.92 Å². The van der Waals surface area contributed by atoms with Crippen molar-refractivity contribution >= 4 is 27.9 Å². The Hall–Kier alpha value is -1.03. The molecule has 1 rings (SSSR count). The zero-order chi connectivity index (χ0) is 9.14. The summed E-state index contributed by atoms with van der Waals surface area (Å²) in [6, 6.07) is 5.01. The molecule has 0 saturated carbocycles. The first-order valence-corrected chi connectivity index (χ1v) is 3.99. The highest BCUT2D eigenvalue weighted by atomic mass is 79.9. The molecule has 1 aromatic carbocycles. The lowest BCUT2D eigenvalue weighted by Crippen LogP contribution is -2.01. The van der Waals surface area contributed by atoms with Crippen LogP contribution in [0.2, 0.25) is 0 Å². The molecule has 3 nitrogen and oxygen atoms in total. The number of rotatable bonds is 1. The topological polar surface area (TPSA) is 52.3 Å². The first-order chi connectivity index (χ1) is 5.65. The summed E-state index contributed by atoms with van der Waals surface area (Å²) in [6.07, 6.45) is 0. The maximum absolute atomic E-state index is 11.0. The van der Waals surface area contributed by atoms with Crippen LogP contribution in [-0.4, -0.2) is 5.97 Å². The minimum Gasteiger partial charge on any atom is -0.399 e. The zero-order valence-corrected chi connectivity index (χ0v) is 8.09. The lowest BCUT2D eigenvalue weighted by Gasteiger charge is -2.02. The summed E-state index contributed by atoms with van der Waals surface area (Å²) >= 11 is 2.62. The first kappa shape index (κ1) is 9.06. The maximum Gasteiger partial charge on any atom is 0.349 e. The van der Waals surface area contributed by atoms with Crippen LogP contribution in [0.1, 0.15) is 15.9 Å². The Bertz CT molecular complexity index is 312. The van der Waals surface area contributed by atoms with Crippen LogP contribution in [0.3, 0.4) is 0 Å². The Balaban J connectivity index is 3.09. The Morgan fingerprint density at radius 3 is 2.75 bits per heavy atom. The van der Waals surface area contributed by atoms with Gasteiger partial charge in [-0.15, -0.1) is 0 Å². The minimum absolute atomic E-state index is 0.410. The Morgan fingerprint density at radius 2 is 2.25 bits per heavy atom. The quantitative estimate of drug-likeness (QED) is 0.751. The van der Waals surface area contributed by atoms with Gasteiger partial charge < -0.3 is 9.56 Å². The summed E-state index contributed by atoms with van der Waals surface area (Å²) in [7, 11) is 0. The lowest BCUT2D eigenvalue weighted by molar-refractivity contribution is 0.0781. The summed E-state index contributed by atoms with van der Waals surface area (Å²) in [5, 5.41) is 0. The summed E-state index contributed by atoms with van der Waals surface area (Å²) in [4.78, 5) is 11.0. The average Bonchev–Trinajstić information content (AvgIpc) is 2.03. The van der Waals surface area contributed by atoms with Gasteiger partial charge in [-0.1, -0.05) is 0 Å². The van der Waals surface area contributed by atoms with E-state index in [0.29, 0.717) is 11.3 Å². The SMILES string of the molecule is Cc1cc(N)ccc1C(=O)OBr. The predicted molar refractivity (Wildman–Crippen MR) is 49.9 cm³/mol. The van der Waals surface area contributed by atoms with Gasteiger partial charge >= 0.3 is 5.97 Å². The Kier molecular flexibility index (Phi) is 2.70. The van der Waals surface area contributed by atoms with Crippen molar-refractivity contribution in [2.24, 2.45) is 0 Å². The van der Waals surface area contributed by atoms with Gasteiger partial charge in [-0.2, -0.15) is 0 Å². The van der Waals surface area contributed by atoms with E-state index in [1.807, 2.05) is 0 Å². The minimum atomic E-state index is -0.410. The third-order valence-corrected chi connectivity index (χ3v) is 1.83. The molecule has 0 fully saturated rings. The molecule has 0 radical (unpaired) electrons. The number of halogens is 1. The summed E-state index contributed by atoms with van der Waals surface area (Å²) < 4.78 is 4.39. The van der Waals surface area contributed by atoms with Gasteiger partial charge in [0.05, 0.1) is 5.56 Å². The number of nitrogens with two attached hydrogens (primary N) is 1. The molecule has 0 aliphatic carbocycles. The van der Waals surface area contributed by atoms with E-state index in [1.165, 1.54) is 0 Å². The number of carbonyl (C=O) groups excluding carboxylic acids is 1. The fourth-order valence-electron chi connectivity index (χ4n) is 0.957. The number of aryl methyl sites for hydroxylation is 1. The molecule has 12 heavy (non-hydrogen) atoms. The molecule has 0 bridgehead atoms.